The van der Waals surface area contributed by atoms with E-state index in [9.17, 15) is 13.2 Å². The van der Waals surface area contributed by atoms with Gasteiger partial charge in [-0.3, -0.25) is 4.79 Å². The summed E-state index contributed by atoms with van der Waals surface area (Å²) in [5.74, 6) is -0.317. The molecule has 0 spiro atoms. The molecule has 0 bridgehead atoms. The van der Waals surface area contributed by atoms with E-state index in [1.54, 1.807) is 13.0 Å². The fraction of sp³-hybridized carbons (Fsp3) is 0.261. The number of sulfonamides is 1. The molecule has 0 aromatic heterocycles. The predicted octanol–water partition coefficient (Wildman–Crippen LogP) is 3.56. The molecule has 3 aromatic rings. The van der Waals surface area contributed by atoms with Gasteiger partial charge in [-0.1, -0.05) is 42.5 Å². The van der Waals surface area contributed by atoms with Crippen LogP contribution in [0.1, 0.15) is 34.5 Å². The van der Waals surface area contributed by atoms with Gasteiger partial charge in [0.1, 0.15) is 0 Å². The SMILES string of the molecule is COCCNS(=O)(=O)c1ccc(C)c(C(=O)NC(C)c2ccc3ccccc3c2)c1. The number of amides is 1. The molecular formula is C23H26N2O4S. The lowest BCUT2D eigenvalue weighted by Crippen LogP contribution is -2.29. The minimum absolute atomic E-state index is 0.0488. The Balaban J connectivity index is 1.80. The number of carbonyl (C=O) groups excluding carboxylic acids is 1. The van der Waals surface area contributed by atoms with Gasteiger partial charge in [0, 0.05) is 19.2 Å². The van der Waals surface area contributed by atoms with Crippen LogP contribution in [0.4, 0.5) is 0 Å². The maximum atomic E-state index is 12.9. The van der Waals surface area contributed by atoms with Crippen LogP contribution in [0.2, 0.25) is 0 Å². The van der Waals surface area contributed by atoms with Crippen molar-refractivity contribution < 1.29 is 17.9 Å². The van der Waals surface area contributed by atoms with E-state index in [0.717, 1.165) is 16.3 Å². The number of aryl methyl sites for hydroxylation is 1. The lowest BCUT2D eigenvalue weighted by atomic mass is 10.0. The van der Waals surface area contributed by atoms with Crippen LogP contribution in [-0.4, -0.2) is 34.6 Å². The summed E-state index contributed by atoms with van der Waals surface area (Å²) in [6.45, 7) is 4.11. The number of methoxy groups -OCH3 is 1. The maximum absolute atomic E-state index is 12.9. The summed E-state index contributed by atoms with van der Waals surface area (Å²) in [5, 5.41) is 5.21. The minimum Gasteiger partial charge on any atom is -0.383 e. The first-order chi connectivity index (χ1) is 14.3. The number of benzene rings is 3. The molecule has 0 radical (unpaired) electrons. The van der Waals surface area contributed by atoms with E-state index >= 15 is 0 Å². The van der Waals surface area contributed by atoms with Crippen molar-refractivity contribution in [2.45, 2.75) is 24.8 Å². The fourth-order valence-corrected chi connectivity index (χ4v) is 4.25. The summed E-state index contributed by atoms with van der Waals surface area (Å²) in [7, 11) is -2.22. The molecular weight excluding hydrogens is 400 g/mol. The normalized spacial score (nSPS) is 12.6. The summed E-state index contributed by atoms with van der Waals surface area (Å²) in [5.41, 5.74) is 2.01. The molecule has 3 rings (SSSR count). The fourth-order valence-electron chi connectivity index (χ4n) is 3.21. The Labute approximate surface area is 177 Å². The van der Waals surface area contributed by atoms with E-state index in [4.69, 9.17) is 4.74 Å². The first-order valence-electron chi connectivity index (χ1n) is 9.70. The Morgan fingerprint density at radius 2 is 1.77 bits per heavy atom. The molecule has 1 atom stereocenters. The highest BCUT2D eigenvalue weighted by Gasteiger charge is 2.19. The number of carbonyl (C=O) groups is 1. The third-order valence-electron chi connectivity index (χ3n) is 4.98. The van der Waals surface area contributed by atoms with Gasteiger partial charge < -0.3 is 10.1 Å². The van der Waals surface area contributed by atoms with E-state index in [0.29, 0.717) is 11.1 Å². The zero-order valence-corrected chi connectivity index (χ0v) is 18.1. The molecule has 0 heterocycles. The molecule has 0 fully saturated rings. The second kappa shape index (κ2) is 9.38. The van der Waals surface area contributed by atoms with Gasteiger partial charge in [-0.25, -0.2) is 13.1 Å². The molecule has 7 heteroatoms. The van der Waals surface area contributed by atoms with Gasteiger partial charge in [0.05, 0.1) is 17.5 Å². The van der Waals surface area contributed by atoms with Crippen molar-refractivity contribution in [3.05, 3.63) is 77.4 Å². The van der Waals surface area contributed by atoms with Crippen LogP contribution in [0.5, 0.6) is 0 Å². The van der Waals surface area contributed by atoms with Gasteiger partial charge in [-0.05, 0) is 53.9 Å². The van der Waals surface area contributed by atoms with Crippen molar-refractivity contribution >= 4 is 26.7 Å². The molecule has 1 unspecified atom stereocenters. The van der Waals surface area contributed by atoms with Crippen LogP contribution in [-0.2, 0) is 14.8 Å². The average Bonchev–Trinajstić information content (AvgIpc) is 2.73. The first kappa shape index (κ1) is 22.0. The van der Waals surface area contributed by atoms with E-state index in [-0.39, 0.29) is 30.0 Å². The Morgan fingerprint density at radius 3 is 2.50 bits per heavy atom. The van der Waals surface area contributed by atoms with E-state index in [2.05, 4.69) is 10.0 Å². The van der Waals surface area contributed by atoms with Crippen LogP contribution >= 0.6 is 0 Å². The molecule has 0 saturated carbocycles. The lowest BCUT2D eigenvalue weighted by molar-refractivity contribution is 0.0939. The van der Waals surface area contributed by atoms with Gasteiger partial charge >= 0.3 is 0 Å². The molecule has 30 heavy (non-hydrogen) atoms. The molecule has 3 aromatic carbocycles. The van der Waals surface area contributed by atoms with Crippen molar-refractivity contribution in [1.29, 1.82) is 0 Å². The Kier molecular flexibility index (Phi) is 6.87. The van der Waals surface area contributed by atoms with Gasteiger partial charge in [0.15, 0.2) is 0 Å². The second-order valence-corrected chi connectivity index (χ2v) is 8.94. The van der Waals surface area contributed by atoms with Crippen LogP contribution in [0.3, 0.4) is 0 Å². The highest BCUT2D eigenvalue weighted by molar-refractivity contribution is 7.89. The van der Waals surface area contributed by atoms with Crippen molar-refractivity contribution in [2.75, 3.05) is 20.3 Å². The van der Waals surface area contributed by atoms with Gasteiger partial charge in [-0.2, -0.15) is 0 Å². The van der Waals surface area contributed by atoms with E-state index in [1.165, 1.54) is 19.2 Å². The largest absolute Gasteiger partial charge is 0.383 e. The number of hydrogen-bond donors (Lipinski definition) is 2. The summed E-state index contributed by atoms with van der Waals surface area (Å²) < 4.78 is 32.3. The van der Waals surface area contributed by atoms with Crippen LogP contribution in [0, 0.1) is 6.92 Å². The predicted molar refractivity (Wildman–Crippen MR) is 118 cm³/mol. The molecule has 0 aliphatic heterocycles. The Bertz CT molecular complexity index is 1160. The third kappa shape index (κ3) is 5.05. The van der Waals surface area contributed by atoms with Gasteiger partial charge in [0.2, 0.25) is 10.0 Å². The topological polar surface area (TPSA) is 84.5 Å². The second-order valence-electron chi connectivity index (χ2n) is 7.17. The summed E-state index contributed by atoms with van der Waals surface area (Å²) in [4.78, 5) is 13.0. The van der Waals surface area contributed by atoms with Crippen LogP contribution in [0.25, 0.3) is 10.8 Å². The smallest absolute Gasteiger partial charge is 0.252 e. The number of ether oxygens (including phenoxy) is 1. The van der Waals surface area contributed by atoms with Gasteiger partial charge in [-0.15, -0.1) is 0 Å². The number of hydrogen-bond acceptors (Lipinski definition) is 4. The Morgan fingerprint density at radius 1 is 1.03 bits per heavy atom. The number of fused-ring (bicyclic) bond motifs is 1. The zero-order valence-electron chi connectivity index (χ0n) is 17.3. The quantitative estimate of drug-likeness (QED) is 0.540. The molecule has 0 saturated heterocycles. The monoisotopic (exact) mass is 426 g/mol. The zero-order chi connectivity index (χ0) is 21.7. The Hall–Kier alpha value is -2.74. The molecule has 158 valence electrons. The lowest BCUT2D eigenvalue weighted by Gasteiger charge is -2.17. The van der Waals surface area contributed by atoms with E-state index < -0.39 is 10.0 Å². The highest BCUT2D eigenvalue weighted by Crippen LogP contribution is 2.22. The van der Waals surface area contributed by atoms with Crippen molar-refractivity contribution in [3.63, 3.8) is 0 Å². The summed E-state index contributed by atoms with van der Waals surface area (Å²) in [6.07, 6.45) is 0. The van der Waals surface area contributed by atoms with Crippen LogP contribution in [0.15, 0.2) is 65.6 Å². The molecule has 6 nitrogen and oxygen atoms in total. The van der Waals surface area contributed by atoms with Crippen LogP contribution < -0.4 is 10.0 Å². The third-order valence-corrected chi connectivity index (χ3v) is 6.44. The molecule has 2 N–H and O–H groups in total. The number of rotatable bonds is 8. The summed E-state index contributed by atoms with van der Waals surface area (Å²) in [6, 6.07) is 18.4. The molecule has 0 aliphatic carbocycles. The van der Waals surface area contributed by atoms with Crippen molar-refractivity contribution in [2.24, 2.45) is 0 Å². The minimum atomic E-state index is -3.72. The standard InChI is InChI=1S/C23H26N2O4S/c1-16-8-11-21(30(27,28)24-12-13-29-3)15-22(16)23(26)25-17(2)19-10-9-18-6-4-5-7-20(18)14-19/h4-11,14-15,17,24H,12-13H2,1-3H3,(H,25,26). The molecule has 0 aliphatic rings. The van der Waals surface area contributed by atoms with Gasteiger partial charge in [0.25, 0.3) is 5.91 Å². The average molecular weight is 427 g/mol. The van der Waals surface area contributed by atoms with E-state index in [1.807, 2.05) is 49.4 Å². The van der Waals surface area contributed by atoms with Crippen molar-refractivity contribution in [3.8, 4) is 0 Å². The first-order valence-corrected chi connectivity index (χ1v) is 11.2. The summed E-state index contributed by atoms with van der Waals surface area (Å²) >= 11 is 0. The number of nitrogens with one attached hydrogen (secondary N) is 2. The maximum Gasteiger partial charge on any atom is 0.252 e. The highest BCUT2D eigenvalue weighted by atomic mass is 32.2. The molecule has 1 amide bonds. The van der Waals surface area contributed by atoms with Crippen molar-refractivity contribution in [1.82, 2.24) is 10.0 Å².